The van der Waals surface area contributed by atoms with Gasteiger partial charge in [0.1, 0.15) is 5.54 Å². The summed E-state index contributed by atoms with van der Waals surface area (Å²) in [5.74, 6) is -0.0647. The third kappa shape index (κ3) is 4.62. The molecule has 2 rings (SSSR count). The first-order valence-electron chi connectivity index (χ1n) is 8.57. The van der Waals surface area contributed by atoms with Gasteiger partial charge in [-0.15, -0.1) is 0 Å². The molecule has 2 saturated carbocycles. The summed E-state index contributed by atoms with van der Waals surface area (Å²) in [6.07, 6.45) is 11.1. The van der Waals surface area contributed by atoms with Crippen LogP contribution in [0.4, 0.5) is 0 Å². The zero-order valence-electron chi connectivity index (χ0n) is 13.8. The minimum absolute atomic E-state index is 0.0647. The molecule has 2 unspecified atom stereocenters. The Bertz CT molecular complexity index is 342. The van der Waals surface area contributed by atoms with Gasteiger partial charge in [0, 0.05) is 16.5 Å². The number of rotatable bonds is 5. The molecule has 0 aliphatic heterocycles. The van der Waals surface area contributed by atoms with Crippen molar-refractivity contribution >= 4 is 17.7 Å². The fraction of sp³-hybridized carbons (Fsp3) is 0.941. The maximum atomic E-state index is 12.4. The largest absolute Gasteiger partial charge is 0.468 e. The predicted octanol–water partition coefficient (Wildman–Crippen LogP) is 3.90. The van der Waals surface area contributed by atoms with Crippen molar-refractivity contribution in [2.24, 2.45) is 0 Å². The lowest BCUT2D eigenvalue weighted by Gasteiger charge is -2.41. The summed E-state index contributed by atoms with van der Waals surface area (Å²) in [4.78, 5) is 12.4. The van der Waals surface area contributed by atoms with E-state index in [2.05, 4.69) is 30.9 Å². The Morgan fingerprint density at radius 2 is 1.81 bits per heavy atom. The monoisotopic (exact) mass is 313 g/mol. The maximum Gasteiger partial charge on any atom is 0.326 e. The van der Waals surface area contributed by atoms with Gasteiger partial charge in [0.15, 0.2) is 0 Å². The second kappa shape index (κ2) is 7.87. The molecule has 0 heterocycles. The Kier molecular flexibility index (Phi) is 6.42. The van der Waals surface area contributed by atoms with Gasteiger partial charge >= 0.3 is 5.97 Å². The van der Waals surface area contributed by atoms with Crippen molar-refractivity contribution in [1.29, 1.82) is 0 Å². The average molecular weight is 314 g/mol. The number of nitrogens with one attached hydrogen (secondary N) is 1. The van der Waals surface area contributed by atoms with Crippen molar-refractivity contribution in [2.75, 3.05) is 7.11 Å². The molecule has 3 nitrogen and oxygen atoms in total. The van der Waals surface area contributed by atoms with E-state index in [0.717, 1.165) is 24.5 Å². The highest BCUT2D eigenvalue weighted by molar-refractivity contribution is 8.00. The van der Waals surface area contributed by atoms with E-state index in [0.29, 0.717) is 11.3 Å². The van der Waals surface area contributed by atoms with Gasteiger partial charge in [-0.1, -0.05) is 19.3 Å². The van der Waals surface area contributed by atoms with Crippen LogP contribution < -0.4 is 5.32 Å². The highest BCUT2D eigenvalue weighted by Gasteiger charge is 2.44. The summed E-state index contributed by atoms with van der Waals surface area (Å²) in [5.41, 5.74) is -0.451. The number of methoxy groups -OCH3 is 1. The highest BCUT2D eigenvalue weighted by atomic mass is 32.2. The van der Waals surface area contributed by atoms with Gasteiger partial charge in [-0.25, -0.2) is 0 Å². The molecule has 122 valence electrons. The summed E-state index contributed by atoms with van der Waals surface area (Å²) in [6, 6.07) is 0.308. The number of thioether (sulfide) groups is 1. The molecule has 2 aliphatic carbocycles. The Balaban J connectivity index is 1.99. The number of ether oxygens (including phenoxy) is 1. The van der Waals surface area contributed by atoms with Gasteiger partial charge in [-0.3, -0.25) is 10.1 Å². The number of hydrogen-bond acceptors (Lipinski definition) is 4. The first kappa shape index (κ1) is 17.1. The van der Waals surface area contributed by atoms with E-state index in [-0.39, 0.29) is 5.97 Å². The molecule has 0 bridgehead atoms. The maximum absolute atomic E-state index is 12.4. The molecule has 1 N–H and O–H groups in total. The summed E-state index contributed by atoms with van der Waals surface area (Å²) in [5, 5.41) is 4.95. The van der Waals surface area contributed by atoms with Crippen molar-refractivity contribution in [3.05, 3.63) is 0 Å². The van der Waals surface area contributed by atoms with Crippen molar-refractivity contribution in [2.45, 2.75) is 93.7 Å². The van der Waals surface area contributed by atoms with Crippen LogP contribution in [-0.2, 0) is 9.53 Å². The van der Waals surface area contributed by atoms with Crippen molar-refractivity contribution in [1.82, 2.24) is 5.32 Å². The molecule has 2 atom stereocenters. The highest BCUT2D eigenvalue weighted by Crippen LogP contribution is 2.41. The molecule has 0 radical (unpaired) electrons. The van der Waals surface area contributed by atoms with E-state index in [1.54, 1.807) is 0 Å². The molecular weight excluding hydrogens is 282 g/mol. The molecule has 2 aliphatic rings. The van der Waals surface area contributed by atoms with E-state index in [1.807, 2.05) is 0 Å². The summed E-state index contributed by atoms with van der Waals surface area (Å²) < 4.78 is 5.12. The minimum Gasteiger partial charge on any atom is -0.468 e. The van der Waals surface area contributed by atoms with Crippen molar-refractivity contribution in [3.63, 3.8) is 0 Å². The average Bonchev–Trinajstić information content (AvgIpc) is 2.47. The predicted molar refractivity (Wildman–Crippen MR) is 89.7 cm³/mol. The lowest BCUT2D eigenvalue weighted by atomic mass is 9.80. The van der Waals surface area contributed by atoms with E-state index >= 15 is 0 Å². The van der Waals surface area contributed by atoms with Crippen LogP contribution in [0, 0.1) is 0 Å². The second-order valence-corrected chi connectivity index (χ2v) is 8.59. The molecular formula is C17H31NO2S. The Morgan fingerprint density at radius 3 is 2.43 bits per heavy atom. The van der Waals surface area contributed by atoms with E-state index in [9.17, 15) is 4.79 Å². The van der Waals surface area contributed by atoms with Gasteiger partial charge in [0.25, 0.3) is 0 Å². The number of esters is 1. The van der Waals surface area contributed by atoms with Gasteiger partial charge in [-0.2, -0.15) is 11.8 Å². The van der Waals surface area contributed by atoms with Crippen LogP contribution in [0.2, 0.25) is 0 Å². The molecule has 0 spiro atoms. The Morgan fingerprint density at radius 1 is 1.14 bits per heavy atom. The van der Waals surface area contributed by atoms with Crippen LogP contribution in [0.3, 0.4) is 0 Å². The quantitative estimate of drug-likeness (QED) is 0.781. The third-order valence-corrected chi connectivity index (χ3v) is 6.43. The van der Waals surface area contributed by atoms with Crippen LogP contribution in [0.25, 0.3) is 0 Å². The van der Waals surface area contributed by atoms with Crippen LogP contribution in [0.5, 0.6) is 0 Å². The smallest absolute Gasteiger partial charge is 0.326 e. The number of carbonyl (C=O) groups is 1. The zero-order chi connectivity index (χ0) is 15.3. The Labute approximate surface area is 134 Å². The zero-order valence-corrected chi connectivity index (χ0v) is 14.6. The molecule has 0 saturated heterocycles. The van der Waals surface area contributed by atoms with Crippen LogP contribution >= 0.6 is 11.8 Å². The molecule has 4 heteroatoms. The molecule has 0 aromatic rings. The Hall–Kier alpha value is -0.220. The van der Waals surface area contributed by atoms with E-state index in [4.69, 9.17) is 4.74 Å². The fourth-order valence-electron chi connectivity index (χ4n) is 3.94. The lowest BCUT2D eigenvalue weighted by molar-refractivity contribution is -0.150. The number of carbonyl (C=O) groups excluding carboxylic acids is 1. The van der Waals surface area contributed by atoms with Crippen molar-refractivity contribution in [3.8, 4) is 0 Å². The lowest BCUT2D eigenvalue weighted by Crippen LogP contribution is -2.58. The third-order valence-electron chi connectivity index (χ3n) is 4.78. The van der Waals surface area contributed by atoms with Crippen LogP contribution in [-0.4, -0.2) is 35.2 Å². The molecule has 21 heavy (non-hydrogen) atoms. The SMILES string of the molecule is COC(=O)C1(NC(C)C)CCCC(SC2CCCCC2)C1. The van der Waals surface area contributed by atoms with Gasteiger partial charge < -0.3 is 4.74 Å². The first-order valence-corrected chi connectivity index (χ1v) is 9.51. The summed E-state index contributed by atoms with van der Waals surface area (Å²) in [6.45, 7) is 4.23. The normalized spacial score (nSPS) is 31.3. The van der Waals surface area contributed by atoms with E-state index in [1.165, 1.54) is 45.6 Å². The summed E-state index contributed by atoms with van der Waals surface area (Å²) >= 11 is 2.15. The first-order chi connectivity index (χ1) is 10.1. The van der Waals surface area contributed by atoms with Gasteiger partial charge in [0.2, 0.25) is 0 Å². The molecule has 0 aromatic heterocycles. The fourth-order valence-corrected chi connectivity index (χ4v) is 5.77. The van der Waals surface area contributed by atoms with Gasteiger partial charge in [-0.05, 0) is 52.4 Å². The molecule has 0 amide bonds. The molecule has 0 aromatic carbocycles. The van der Waals surface area contributed by atoms with Gasteiger partial charge in [0.05, 0.1) is 7.11 Å². The second-order valence-electron chi connectivity index (χ2n) is 6.99. The number of hydrogen-bond donors (Lipinski definition) is 1. The standard InChI is InChI=1S/C17H31NO2S/c1-13(2)18-17(16(19)20-3)11-7-10-15(12-17)21-14-8-5-4-6-9-14/h13-15,18H,4-12H2,1-3H3. The topological polar surface area (TPSA) is 38.3 Å². The molecule has 2 fully saturated rings. The van der Waals surface area contributed by atoms with Crippen molar-refractivity contribution < 1.29 is 9.53 Å². The summed E-state index contributed by atoms with van der Waals surface area (Å²) in [7, 11) is 1.52. The van der Waals surface area contributed by atoms with E-state index < -0.39 is 5.54 Å². The minimum atomic E-state index is -0.451. The van der Waals surface area contributed by atoms with Crippen LogP contribution in [0.1, 0.15) is 71.6 Å². The van der Waals surface area contributed by atoms with Crippen LogP contribution in [0.15, 0.2) is 0 Å².